The molecule has 1 aliphatic rings. The number of sulfonamides is 1. The topological polar surface area (TPSA) is 95.4 Å². The second kappa shape index (κ2) is 6.47. The van der Waals surface area contributed by atoms with Gasteiger partial charge in [0.15, 0.2) is 0 Å². The van der Waals surface area contributed by atoms with E-state index in [4.69, 9.17) is 5.11 Å². The summed E-state index contributed by atoms with van der Waals surface area (Å²) in [7, 11) is -1.92. The molecule has 0 radical (unpaired) electrons. The van der Waals surface area contributed by atoms with Gasteiger partial charge in [0.2, 0.25) is 16.0 Å². The van der Waals surface area contributed by atoms with Gasteiger partial charge in [-0.2, -0.15) is 4.31 Å². The van der Waals surface area contributed by atoms with Gasteiger partial charge in [0, 0.05) is 26.2 Å². The molecule has 8 heteroatoms. The Bertz CT molecular complexity index is 530. The van der Waals surface area contributed by atoms with Crippen molar-refractivity contribution in [2.24, 2.45) is 0 Å². The second-order valence-electron chi connectivity index (χ2n) is 4.77. The van der Waals surface area contributed by atoms with Gasteiger partial charge in [-0.15, -0.1) is 0 Å². The third kappa shape index (κ3) is 3.08. The molecular weight excluding hydrogens is 280 g/mol. The van der Waals surface area contributed by atoms with E-state index in [9.17, 15) is 8.42 Å². The van der Waals surface area contributed by atoms with Gasteiger partial charge in [-0.25, -0.2) is 18.4 Å². The standard InChI is InChI=1S/C12H20N4O3S/c1-13-12-14-8-11(9-15-12)20(18,19)16-6-3-2-4-10(16)5-7-17/h8-10,17H,2-7H2,1H3,(H,13,14,15). The lowest BCUT2D eigenvalue weighted by Gasteiger charge is -2.34. The van der Waals surface area contributed by atoms with Crippen molar-refractivity contribution in [3.05, 3.63) is 12.4 Å². The molecule has 0 amide bonds. The molecule has 112 valence electrons. The van der Waals surface area contributed by atoms with E-state index in [0.717, 1.165) is 19.3 Å². The minimum Gasteiger partial charge on any atom is -0.396 e. The van der Waals surface area contributed by atoms with Crippen molar-refractivity contribution < 1.29 is 13.5 Å². The Morgan fingerprint density at radius 3 is 2.70 bits per heavy atom. The Labute approximate surface area is 119 Å². The molecule has 1 aromatic rings. The van der Waals surface area contributed by atoms with E-state index in [2.05, 4.69) is 15.3 Å². The summed E-state index contributed by atoms with van der Waals surface area (Å²) < 4.78 is 26.7. The molecule has 2 heterocycles. The minimum atomic E-state index is -3.59. The number of nitrogens with one attached hydrogen (secondary N) is 1. The third-order valence-electron chi connectivity index (χ3n) is 3.49. The molecule has 2 N–H and O–H groups in total. The van der Waals surface area contributed by atoms with Gasteiger partial charge >= 0.3 is 0 Å². The molecule has 1 aromatic heterocycles. The largest absolute Gasteiger partial charge is 0.396 e. The molecule has 1 saturated heterocycles. The summed E-state index contributed by atoms with van der Waals surface area (Å²) in [6.45, 7) is 0.479. The molecule has 1 fully saturated rings. The Hall–Kier alpha value is -1.25. The quantitative estimate of drug-likeness (QED) is 0.819. The maximum Gasteiger partial charge on any atom is 0.246 e. The van der Waals surface area contributed by atoms with Crippen LogP contribution in [0.5, 0.6) is 0 Å². The lowest BCUT2D eigenvalue weighted by molar-refractivity contribution is 0.192. The normalized spacial score (nSPS) is 20.8. The molecule has 0 saturated carbocycles. The molecule has 0 spiro atoms. The van der Waals surface area contributed by atoms with E-state index < -0.39 is 10.0 Å². The maximum absolute atomic E-state index is 12.6. The summed E-state index contributed by atoms with van der Waals surface area (Å²) in [5, 5.41) is 11.8. The van der Waals surface area contributed by atoms with Crippen molar-refractivity contribution in [3.8, 4) is 0 Å². The predicted molar refractivity (Wildman–Crippen MR) is 74.8 cm³/mol. The Kier molecular flexibility index (Phi) is 4.90. The van der Waals surface area contributed by atoms with Gasteiger partial charge in [0.1, 0.15) is 4.90 Å². The zero-order chi connectivity index (χ0) is 14.6. The monoisotopic (exact) mass is 300 g/mol. The highest BCUT2D eigenvalue weighted by Crippen LogP contribution is 2.26. The van der Waals surface area contributed by atoms with Crippen molar-refractivity contribution in [1.29, 1.82) is 0 Å². The first-order valence-electron chi connectivity index (χ1n) is 6.72. The number of hydrogen-bond donors (Lipinski definition) is 2. The van der Waals surface area contributed by atoms with Crippen LogP contribution in [0, 0.1) is 0 Å². The number of piperidine rings is 1. The molecule has 20 heavy (non-hydrogen) atoms. The van der Waals surface area contributed by atoms with E-state index >= 15 is 0 Å². The van der Waals surface area contributed by atoms with E-state index in [1.807, 2.05) is 0 Å². The predicted octanol–water partition coefficient (Wildman–Crippen LogP) is 0.444. The van der Waals surface area contributed by atoms with Crippen LogP contribution in [0.2, 0.25) is 0 Å². The van der Waals surface area contributed by atoms with Crippen LogP contribution in [-0.4, -0.2) is 54.0 Å². The molecule has 0 aliphatic carbocycles. The molecule has 1 unspecified atom stereocenters. The summed E-state index contributed by atoms with van der Waals surface area (Å²) >= 11 is 0. The second-order valence-corrected chi connectivity index (χ2v) is 6.66. The fourth-order valence-corrected chi connectivity index (χ4v) is 4.06. The Balaban J connectivity index is 2.26. The Morgan fingerprint density at radius 2 is 2.10 bits per heavy atom. The maximum atomic E-state index is 12.6. The van der Waals surface area contributed by atoms with Gasteiger partial charge in [-0.05, 0) is 19.3 Å². The highest BCUT2D eigenvalue weighted by molar-refractivity contribution is 7.89. The molecule has 2 rings (SSSR count). The van der Waals surface area contributed by atoms with E-state index in [-0.39, 0.29) is 17.5 Å². The van der Waals surface area contributed by atoms with Crippen LogP contribution >= 0.6 is 0 Å². The van der Waals surface area contributed by atoms with Gasteiger partial charge in [0.25, 0.3) is 0 Å². The van der Waals surface area contributed by atoms with Crippen molar-refractivity contribution in [1.82, 2.24) is 14.3 Å². The fourth-order valence-electron chi connectivity index (χ4n) is 2.44. The number of rotatable bonds is 5. The first-order chi connectivity index (χ1) is 9.59. The Morgan fingerprint density at radius 1 is 1.40 bits per heavy atom. The number of hydrogen-bond acceptors (Lipinski definition) is 6. The first kappa shape index (κ1) is 15.1. The molecule has 1 atom stereocenters. The molecule has 1 aliphatic heterocycles. The third-order valence-corrected chi connectivity index (χ3v) is 5.40. The summed E-state index contributed by atoms with van der Waals surface area (Å²) in [6, 6.07) is -0.136. The summed E-state index contributed by atoms with van der Waals surface area (Å²) in [5.41, 5.74) is 0. The number of aliphatic hydroxyl groups is 1. The SMILES string of the molecule is CNc1ncc(S(=O)(=O)N2CCCCC2CCO)cn1. The molecular formula is C12H20N4O3S. The van der Waals surface area contributed by atoms with Crippen LogP contribution in [0.15, 0.2) is 17.3 Å². The summed E-state index contributed by atoms with van der Waals surface area (Å²) in [6.07, 6.45) is 5.73. The van der Waals surface area contributed by atoms with E-state index in [1.165, 1.54) is 16.7 Å². The van der Waals surface area contributed by atoms with Crippen LogP contribution in [0.3, 0.4) is 0 Å². The number of anilines is 1. The van der Waals surface area contributed by atoms with Gasteiger partial charge < -0.3 is 10.4 Å². The zero-order valence-corrected chi connectivity index (χ0v) is 12.3. The van der Waals surface area contributed by atoms with E-state index in [0.29, 0.717) is 18.9 Å². The summed E-state index contributed by atoms with van der Waals surface area (Å²) in [4.78, 5) is 8.00. The number of aromatic nitrogens is 2. The van der Waals surface area contributed by atoms with Crippen molar-refractivity contribution in [2.75, 3.05) is 25.5 Å². The highest BCUT2D eigenvalue weighted by atomic mass is 32.2. The van der Waals surface area contributed by atoms with Crippen LogP contribution in [-0.2, 0) is 10.0 Å². The minimum absolute atomic E-state index is 0.00806. The molecule has 0 bridgehead atoms. The average Bonchev–Trinajstić information content (AvgIpc) is 2.48. The van der Waals surface area contributed by atoms with Crippen LogP contribution in [0.4, 0.5) is 5.95 Å². The van der Waals surface area contributed by atoms with Gasteiger partial charge in [-0.1, -0.05) is 6.42 Å². The van der Waals surface area contributed by atoms with Crippen molar-refractivity contribution in [3.63, 3.8) is 0 Å². The van der Waals surface area contributed by atoms with E-state index in [1.54, 1.807) is 7.05 Å². The molecule has 0 aromatic carbocycles. The molecule has 7 nitrogen and oxygen atoms in total. The average molecular weight is 300 g/mol. The highest BCUT2D eigenvalue weighted by Gasteiger charge is 2.33. The zero-order valence-electron chi connectivity index (χ0n) is 11.5. The van der Waals surface area contributed by atoms with Gasteiger partial charge in [-0.3, -0.25) is 0 Å². The first-order valence-corrected chi connectivity index (χ1v) is 8.16. The number of nitrogens with zero attached hydrogens (tertiary/aromatic N) is 3. The van der Waals surface area contributed by atoms with Crippen LogP contribution in [0.1, 0.15) is 25.7 Å². The number of aliphatic hydroxyl groups excluding tert-OH is 1. The lowest BCUT2D eigenvalue weighted by atomic mass is 10.0. The van der Waals surface area contributed by atoms with Crippen LogP contribution < -0.4 is 5.32 Å². The van der Waals surface area contributed by atoms with Gasteiger partial charge in [0.05, 0.1) is 12.4 Å². The lowest BCUT2D eigenvalue weighted by Crippen LogP contribution is -2.44. The smallest absolute Gasteiger partial charge is 0.246 e. The van der Waals surface area contributed by atoms with Crippen LogP contribution in [0.25, 0.3) is 0 Å². The van der Waals surface area contributed by atoms with Crippen molar-refractivity contribution >= 4 is 16.0 Å². The van der Waals surface area contributed by atoms with Crippen molar-refractivity contribution in [2.45, 2.75) is 36.6 Å². The fraction of sp³-hybridized carbons (Fsp3) is 0.667. The summed E-state index contributed by atoms with van der Waals surface area (Å²) in [5.74, 6) is 0.384.